The number of ether oxygens (including phenoxy) is 1. The van der Waals surface area contributed by atoms with Crippen molar-refractivity contribution in [3.8, 4) is 0 Å². The lowest BCUT2D eigenvalue weighted by molar-refractivity contribution is -0.143. The van der Waals surface area contributed by atoms with Crippen molar-refractivity contribution in [2.75, 3.05) is 34.3 Å². The zero-order chi connectivity index (χ0) is 12.0. The third kappa shape index (κ3) is 3.92. The largest absolute Gasteiger partial charge is 0.468 e. The Kier molecular flexibility index (Phi) is 5.45. The minimum absolute atomic E-state index is 0.235. The second kappa shape index (κ2) is 6.62. The number of rotatable bonds is 6. The highest BCUT2D eigenvalue weighted by Crippen LogP contribution is 2.19. The van der Waals surface area contributed by atoms with Crippen LogP contribution in [0.4, 0.5) is 0 Å². The molecule has 16 heavy (non-hydrogen) atoms. The molecule has 0 aliphatic carbocycles. The van der Waals surface area contributed by atoms with Crippen LogP contribution in [0.2, 0.25) is 0 Å². The number of hydrogen-bond acceptors (Lipinski definition) is 5. The Labute approximate surface area is 100 Å². The monoisotopic (exact) mass is 242 g/mol. The molecule has 1 aromatic heterocycles. The van der Waals surface area contributed by atoms with Gasteiger partial charge in [0, 0.05) is 18.0 Å². The van der Waals surface area contributed by atoms with E-state index in [-0.39, 0.29) is 12.0 Å². The number of carbonyl (C=O) groups is 1. The lowest BCUT2D eigenvalue weighted by atomic mass is 10.2. The fourth-order valence-corrected chi connectivity index (χ4v) is 2.09. The summed E-state index contributed by atoms with van der Waals surface area (Å²) in [5.74, 6) is -0.235. The first kappa shape index (κ1) is 13.2. The predicted molar refractivity (Wildman–Crippen MR) is 65.6 cm³/mol. The van der Waals surface area contributed by atoms with Crippen LogP contribution >= 0.6 is 11.3 Å². The Morgan fingerprint density at radius 1 is 1.62 bits per heavy atom. The van der Waals surface area contributed by atoms with Crippen LogP contribution in [-0.4, -0.2) is 45.2 Å². The molecule has 0 spiro atoms. The van der Waals surface area contributed by atoms with Gasteiger partial charge in [0.05, 0.1) is 7.11 Å². The van der Waals surface area contributed by atoms with Crippen LogP contribution in [0.3, 0.4) is 0 Å². The maximum atomic E-state index is 11.6. The van der Waals surface area contributed by atoms with Gasteiger partial charge in [-0.25, -0.2) is 4.79 Å². The van der Waals surface area contributed by atoms with E-state index in [0.29, 0.717) is 0 Å². The van der Waals surface area contributed by atoms with E-state index in [9.17, 15) is 4.79 Å². The number of nitrogens with one attached hydrogen (secondary N) is 1. The van der Waals surface area contributed by atoms with E-state index in [4.69, 9.17) is 4.74 Å². The summed E-state index contributed by atoms with van der Waals surface area (Å²) in [6.45, 7) is 1.64. The van der Waals surface area contributed by atoms with Crippen LogP contribution in [0.5, 0.6) is 0 Å². The summed E-state index contributed by atoms with van der Waals surface area (Å²) in [5.41, 5.74) is 0. The Morgan fingerprint density at radius 2 is 2.38 bits per heavy atom. The molecule has 90 valence electrons. The fraction of sp³-hybridized carbons (Fsp3) is 0.545. The lowest BCUT2D eigenvalue weighted by Gasteiger charge is -2.16. The van der Waals surface area contributed by atoms with Gasteiger partial charge in [0.1, 0.15) is 6.04 Å². The van der Waals surface area contributed by atoms with Gasteiger partial charge in [-0.15, -0.1) is 11.3 Å². The zero-order valence-corrected chi connectivity index (χ0v) is 10.7. The molecule has 0 radical (unpaired) electrons. The number of nitrogens with zero attached hydrogens (tertiary/aromatic N) is 1. The minimum atomic E-state index is -0.343. The first-order chi connectivity index (χ1) is 7.65. The highest BCUT2D eigenvalue weighted by Gasteiger charge is 2.21. The summed E-state index contributed by atoms with van der Waals surface area (Å²) in [6, 6.07) is 3.53. The SMILES string of the molecule is COC(=O)C(NCCN(C)C)c1cccs1. The standard InChI is InChI=1S/C11H18N2O2S/c1-13(2)7-6-12-10(11(14)15-3)9-5-4-8-16-9/h4-5,8,10,12H,6-7H2,1-3H3. The number of methoxy groups -OCH3 is 1. The molecule has 1 atom stereocenters. The van der Waals surface area contributed by atoms with Gasteiger partial charge in [0.25, 0.3) is 0 Å². The van der Waals surface area contributed by atoms with Gasteiger partial charge in [0.2, 0.25) is 0 Å². The molecule has 0 amide bonds. The van der Waals surface area contributed by atoms with E-state index in [0.717, 1.165) is 18.0 Å². The quantitative estimate of drug-likeness (QED) is 0.759. The highest BCUT2D eigenvalue weighted by molar-refractivity contribution is 7.10. The molecule has 0 bridgehead atoms. The Bertz CT molecular complexity index is 312. The van der Waals surface area contributed by atoms with Gasteiger partial charge in [-0.2, -0.15) is 0 Å². The van der Waals surface area contributed by atoms with Crippen molar-refractivity contribution >= 4 is 17.3 Å². The van der Waals surface area contributed by atoms with Crippen LogP contribution in [0.15, 0.2) is 17.5 Å². The molecule has 1 aromatic rings. The van der Waals surface area contributed by atoms with Gasteiger partial charge in [-0.05, 0) is 25.5 Å². The predicted octanol–water partition coefficient (Wildman–Crippen LogP) is 1.11. The fourth-order valence-electron chi connectivity index (χ4n) is 1.31. The molecule has 0 saturated heterocycles. The third-order valence-electron chi connectivity index (χ3n) is 2.17. The summed E-state index contributed by atoms with van der Waals surface area (Å²) in [4.78, 5) is 14.7. The van der Waals surface area contributed by atoms with Crippen molar-refractivity contribution in [3.63, 3.8) is 0 Å². The van der Waals surface area contributed by atoms with E-state index in [1.807, 2.05) is 31.6 Å². The molecule has 1 unspecified atom stereocenters. The third-order valence-corrected chi connectivity index (χ3v) is 3.11. The maximum Gasteiger partial charge on any atom is 0.328 e. The van der Waals surface area contributed by atoms with Crippen molar-refractivity contribution in [2.24, 2.45) is 0 Å². The van der Waals surface area contributed by atoms with Gasteiger partial charge in [-0.3, -0.25) is 5.32 Å². The molecular weight excluding hydrogens is 224 g/mol. The van der Waals surface area contributed by atoms with Crippen LogP contribution in [0.1, 0.15) is 10.9 Å². The average Bonchev–Trinajstić information content (AvgIpc) is 2.76. The lowest BCUT2D eigenvalue weighted by Crippen LogP contribution is -2.34. The molecular formula is C11H18N2O2S. The molecule has 1 heterocycles. The van der Waals surface area contributed by atoms with Crippen LogP contribution in [0.25, 0.3) is 0 Å². The van der Waals surface area contributed by atoms with Crippen LogP contribution in [0, 0.1) is 0 Å². The number of carbonyl (C=O) groups excluding carboxylic acids is 1. The van der Waals surface area contributed by atoms with Crippen molar-refractivity contribution in [3.05, 3.63) is 22.4 Å². The van der Waals surface area contributed by atoms with Crippen molar-refractivity contribution in [1.82, 2.24) is 10.2 Å². The Morgan fingerprint density at radius 3 is 2.88 bits per heavy atom. The molecule has 0 saturated carbocycles. The normalized spacial score (nSPS) is 12.8. The molecule has 5 heteroatoms. The van der Waals surface area contributed by atoms with Crippen LogP contribution in [-0.2, 0) is 9.53 Å². The van der Waals surface area contributed by atoms with Crippen LogP contribution < -0.4 is 5.32 Å². The highest BCUT2D eigenvalue weighted by atomic mass is 32.1. The summed E-state index contributed by atoms with van der Waals surface area (Å²) in [7, 11) is 5.41. The topological polar surface area (TPSA) is 41.6 Å². The zero-order valence-electron chi connectivity index (χ0n) is 9.90. The van der Waals surface area contributed by atoms with Gasteiger partial charge in [0.15, 0.2) is 0 Å². The van der Waals surface area contributed by atoms with E-state index in [1.165, 1.54) is 7.11 Å². The van der Waals surface area contributed by atoms with E-state index >= 15 is 0 Å². The number of esters is 1. The molecule has 0 fully saturated rings. The van der Waals surface area contributed by atoms with Crippen molar-refractivity contribution in [1.29, 1.82) is 0 Å². The second-order valence-corrected chi connectivity index (χ2v) is 4.71. The van der Waals surface area contributed by atoms with Gasteiger partial charge < -0.3 is 9.64 Å². The van der Waals surface area contributed by atoms with Crippen molar-refractivity contribution in [2.45, 2.75) is 6.04 Å². The smallest absolute Gasteiger partial charge is 0.328 e. The molecule has 0 aliphatic heterocycles. The Hall–Kier alpha value is -0.910. The maximum absolute atomic E-state index is 11.6. The van der Waals surface area contributed by atoms with Gasteiger partial charge in [-0.1, -0.05) is 6.07 Å². The number of likely N-dealkylation sites (N-methyl/N-ethyl adjacent to an activating group) is 1. The molecule has 0 aliphatic rings. The first-order valence-electron chi connectivity index (χ1n) is 5.14. The molecule has 0 aromatic carbocycles. The number of thiophene rings is 1. The second-order valence-electron chi connectivity index (χ2n) is 3.73. The Balaban J connectivity index is 2.55. The summed E-state index contributed by atoms with van der Waals surface area (Å²) < 4.78 is 4.79. The van der Waals surface area contributed by atoms with Crippen molar-refractivity contribution < 1.29 is 9.53 Å². The minimum Gasteiger partial charge on any atom is -0.468 e. The van der Waals surface area contributed by atoms with Gasteiger partial charge >= 0.3 is 5.97 Å². The number of hydrogen-bond donors (Lipinski definition) is 1. The average molecular weight is 242 g/mol. The summed E-state index contributed by atoms with van der Waals surface area (Å²) in [6.07, 6.45) is 0. The summed E-state index contributed by atoms with van der Waals surface area (Å²) in [5, 5.41) is 5.16. The molecule has 4 nitrogen and oxygen atoms in total. The first-order valence-corrected chi connectivity index (χ1v) is 6.02. The van der Waals surface area contributed by atoms with E-state index in [1.54, 1.807) is 11.3 Å². The molecule has 1 rings (SSSR count). The van der Waals surface area contributed by atoms with E-state index < -0.39 is 0 Å². The van der Waals surface area contributed by atoms with E-state index in [2.05, 4.69) is 10.2 Å². The molecule has 1 N–H and O–H groups in total. The summed E-state index contributed by atoms with van der Waals surface area (Å²) >= 11 is 1.56.